The summed E-state index contributed by atoms with van der Waals surface area (Å²) >= 11 is 1.41. The molecule has 2 amide bonds. The van der Waals surface area contributed by atoms with Crippen LogP contribution in [0, 0.1) is 5.41 Å². The van der Waals surface area contributed by atoms with E-state index < -0.39 is 5.41 Å². The van der Waals surface area contributed by atoms with Gasteiger partial charge in [0.15, 0.2) is 0 Å². The molecule has 0 saturated carbocycles. The summed E-state index contributed by atoms with van der Waals surface area (Å²) in [7, 11) is 7.98. The Morgan fingerprint density at radius 3 is 2.27 bits per heavy atom. The second-order valence-electron chi connectivity index (χ2n) is 8.95. The van der Waals surface area contributed by atoms with E-state index in [4.69, 9.17) is 0 Å². The van der Waals surface area contributed by atoms with Crippen LogP contribution in [0.2, 0.25) is 0 Å². The number of thiophene rings is 1. The van der Waals surface area contributed by atoms with Gasteiger partial charge < -0.3 is 20.0 Å². The molecule has 1 aromatic heterocycles. The van der Waals surface area contributed by atoms with Crippen molar-refractivity contribution < 1.29 is 9.59 Å². The van der Waals surface area contributed by atoms with E-state index in [2.05, 4.69) is 10.2 Å². The van der Waals surface area contributed by atoms with Crippen molar-refractivity contribution in [3.8, 4) is 0 Å². The summed E-state index contributed by atoms with van der Waals surface area (Å²) < 4.78 is 0. The molecular formula is C23H34N4O2S. The van der Waals surface area contributed by atoms with Crippen LogP contribution in [0.15, 0.2) is 35.7 Å². The van der Waals surface area contributed by atoms with Crippen LogP contribution in [0.3, 0.4) is 0 Å². The third-order valence-corrected chi connectivity index (χ3v) is 5.54. The third kappa shape index (κ3) is 6.57. The minimum atomic E-state index is -0.463. The molecule has 0 bridgehead atoms. The van der Waals surface area contributed by atoms with Gasteiger partial charge in [0.2, 0.25) is 5.91 Å². The molecule has 1 heterocycles. The number of benzene rings is 1. The van der Waals surface area contributed by atoms with Crippen LogP contribution in [0.5, 0.6) is 0 Å². The zero-order chi connectivity index (χ0) is 22.5. The fourth-order valence-corrected chi connectivity index (χ4v) is 3.70. The van der Waals surface area contributed by atoms with E-state index in [9.17, 15) is 9.59 Å². The number of rotatable bonds is 8. The van der Waals surface area contributed by atoms with Gasteiger partial charge in [-0.15, -0.1) is 11.3 Å². The maximum atomic E-state index is 13.1. The number of likely N-dealkylation sites (N-methyl/N-ethyl adjacent to an activating group) is 1. The van der Waals surface area contributed by atoms with Crippen molar-refractivity contribution in [1.82, 2.24) is 9.80 Å². The van der Waals surface area contributed by atoms with Crippen LogP contribution in [0.1, 0.15) is 36.0 Å². The number of carbonyl (C=O) groups is 2. The van der Waals surface area contributed by atoms with Crippen molar-refractivity contribution in [2.45, 2.75) is 27.3 Å². The fourth-order valence-electron chi connectivity index (χ4n) is 3.08. The highest BCUT2D eigenvalue weighted by Gasteiger charge is 2.28. The van der Waals surface area contributed by atoms with Gasteiger partial charge >= 0.3 is 0 Å². The molecule has 6 nitrogen and oxygen atoms in total. The van der Waals surface area contributed by atoms with Crippen molar-refractivity contribution >= 4 is 34.5 Å². The minimum absolute atomic E-state index is 0.113. The SMILES string of the molecule is CN(C)CCN(Cc1cc(NC(=O)c2cccs2)ccc1N(C)C)C(=O)C(C)(C)C. The average molecular weight is 431 g/mol. The fraction of sp³-hybridized carbons (Fsp3) is 0.478. The second-order valence-corrected chi connectivity index (χ2v) is 9.90. The molecule has 0 spiro atoms. The molecule has 0 saturated heterocycles. The van der Waals surface area contributed by atoms with Crippen LogP contribution >= 0.6 is 11.3 Å². The highest BCUT2D eigenvalue weighted by atomic mass is 32.1. The Kier molecular flexibility index (Phi) is 8.03. The highest BCUT2D eigenvalue weighted by molar-refractivity contribution is 7.12. The lowest BCUT2D eigenvalue weighted by atomic mass is 9.94. The first-order valence-electron chi connectivity index (χ1n) is 10.1. The van der Waals surface area contributed by atoms with Gasteiger partial charge in [0.1, 0.15) is 0 Å². The van der Waals surface area contributed by atoms with Gasteiger partial charge in [-0.2, -0.15) is 0 Å². The Hall–Kier alpha value is -2.38. The molecular weight excluding hydrogens is 396 g/mol. The summed E-state index contributed by atoms with van der Waals surface area (Å²) in [5, 5.41) is 4.86. The summed E-state index contributed by atoms with van der Waals surface area (Å²) in [5.41, 5.74) is 2.29. The van der Waals surface area contributed by atoms with Gasteiger partial charge in [-0.25, -0.2) is 0 Å². The van der Waals surface area contributed by atoms with Crippen molar-refractivity contribution in [1.29, 1.82) is 0 Å². The summed E-state index contributed by atoms with van der Waals surface area (Å²) in [6.07, 6.45) is 0. The monoisotopic (exact) mass is 430 g/mol. The van der Waals surface area contributed by atoms with Crippen LogP contribution in [-0.2, 0) is 11.3 Å². The van der Waals surface area contributed by atoms with Crippen LogP contribution in [-0.4, -0.2) is 62.9 Å². The first kappa shape index (κ1) is 23.9. The summed E-state index contributed by atoms with van der Waals surface area (Å²) in [6.45, 7) is 7.75. The van der Waals surface area contributed by atoms with E-state index in [1.807, 2.05) is 88.4 Å². The van der Waals surface area contributed by atoms with E-state index >= 15 is 0 Å². The number of hydrogen-bond acceptors (Lipinski definition) is 5. The minimum Gasteiger partial charge on any atom is -0.377 e. The Morgan fingerprint density at radius 1 is 1.03 bits per heavy atom. The van der Waals surface area contributed by atoms with E-state index in [1.165, 1.54) is 11.3 Å². The molecule has 0 unspecified atom stereocenters. The Bertz CT molecular complexity index is 855. The lowest BCUT2D eigenvalue weighted by Gasteiger charge is -2.32. The van der Waals surface area contributed by atoms with Crippen LogP contribution in [0.25, 0.3) is 0 Å². The van der Waals surface area contributed by atoms with Gasteiger partial charge in [0.05, 0.1) is 4.88 Å². The Morgan fingerprint density at radius 2 is 1.73 bits per heavy atom. The van der Waals surface area contributed by atoms with Crippen LogP contribution in [0.4, 0.5) is 11.4 Å². The standard InChI is InChI=1S/C23H34N4O2S/c1-23(2,3)22(29)27(13-12-25(4)5)16-17-15-18(10-11-19(17)26(6)7)24-21(28)20-9-8-14-30-20/h8-11,14-15H,12-13,16H2,1-7H3,(H,24,28). The second kappa shape index (κ2) is 10.1. The lowest BCUT2D eigenvalue weighted by molar-refractivity contribution is -0.140. The summed E-state index contributed by atoms with van der Waals surface area (Å²) in [6, 6.07) is 9.53. The molecule has 0 fully saturated rings. The zero-order valence-electron chi connectivity index (χ0n) is 19.2. The quantitative estimate of drug-likeness (QED) is 0.688. The molecule has 0 aliphatic carbocycles. The normalized spacial score (nSPS) is 11.5. The van der Waals surface area contributed by atoms with E-state index in [0.29, 0.717) is 18.0 Å². The molecule has 0 aliphatic heterocycles. The molecule has 7 heteroatoms. The van der Waals surface area contributed by atoms with Gasteiger partial charge in [-0.05, 0) is 49.3 Å². The zero-order valence-corrected chi connectivity index (χ0v) is 20.0. The molecule has 0 aliphatic rings. The largest absolute Gasteiger partial charge is 0.377 e. The Labute approximate surface area is 184 Å². The number of anilines is 2. The highest BCUT2D eigenvalue weighted by Crippen LogP contribution is 2.27. The predicted molar refractivity (Wildman–Crippen MR) is 126 cm³/mol. The van der Waals surface area contributed by atoms with Crippen molar-refractivity contribution in [3.05, 3.63) is 46.2 Å². The molecule has 30 heavy (non-hydrogen) atoms. The average Bonchev–Trinajstić information content (AvgIpc) is 3.18. The number of hydrogen-bond donors (Lipinski definition) is 1. The predicted octanol–water partition coefficient (Wildman–Crippen LogP) is 4.00. The number of amides is 2. The molecule has 0 radical (unpaired) electrons. The van der Waals surface area contributed by atoms with Crippen molar-refractivity contribution in [2.24, 2.45) is 5.41 Å². The van der Waals surface area contributed by atoms with E-state index in [-0.39, 0.29) is 11.8 Å². The first-order valence-corrected chi connectivity index (χ1v) is 11.0. The summed E-state index contributed by atoms with van der Waals surface area (Å²) in [4.78, 5) is 32.3. The maximum Gasteiger partial charge on any atom is 0.265 e. The van der Waals surface area contributed by atoms with Gasteiger partial charge in [-0.3, -0.25) is 9.59 Å². The van der Waals surface area contributed by atoms with Gasteiger partial charge in [0.25, 0.3) is 5.91 Å². The first-order chi connectivity index (χ1) is 14.0. The number of carbonyl (C=O) groups excluding carboxylic acids is 2. The molecule has 2 aromatic rings. The summed E-state index contributed by atoms with van der Waals surface area (Å²) in [5.74, 6) is -0.00846. The third-order valence-electron chi connectivity index (χ3n) is 4.67. The van der Waals surface area contributed by atoms with Gasteiger partial charge in [0, 0.05) is 50.5 Å². The van der Waals surface area contributed by atoms with Crippen molar-refractivity contribution in [3.63, 3.8) is 0 Å². The maximum absolute atomic E-state index is 13.1. The molecule has 164 valence electrons. The Balaban J connectivity index is 2.32. The van der Waals surface area contributed by atoms with Crippen molar-refractivity contribution in [2.75, 3.05) is 51.5 Å². The van der Waals surface area contributed by atoms with E-state index in [1.54, 1.807) is 6.07 Å². The van der Waals surface area contributed by atoms with E-state index in [0.717, 1.165) is 23.5 Å². The molecule has 1 aromatic carbocycles. The molecule has 2 rings (SSSR count). The lowest BCUT2D eigenvalue weighted by Crippen LogP contribution is -2.42. The number of nitrogens with zero attached hydrogens (tertiary/aromatic N) is 3. The van der Waals surface area contributed by atoms with Gasteiger partial charge in [-0.1, -0.05) is 26.8 Å². The topological polar surface area (TPSA) is 55.9 Å². The number of nitrogens with one attached hydrogen (secondary N) is 1. The smallest absolute Gasteiger partial charge is 0.265 e. The van der Waals surface area contributed by atoms with Crippen LogP contribution < -0.4 is 10.2 Å². The molecule has 1 N–H and O–H groups in total. The molecule has 0 atom stereocenters.